The topological polar surface area (TPSA) is 60.9 Å². The second kappa shape index (κ2) is 5.54. The highest BCUT2D eigenvalue weighted by Gasteiger charge is 2.09. The average molecular weight is 195 g/mol. The molecule has 0 spiro atoms. The molecule has 0 saturated heterocycles. The zero-order valence-corrected chi connectivity index (χ0v) is 8.57. The van der Waals surface area contributed by atoms with Crippen molar-refractivity contribution in [3.05, 3.63) is 18.2 Å². The van der Waals surface area contributed by atoms with Crippen LogP contribution >= 0.6 is 0 Å². The molecule has 14 heavy (non-hydrogen) atoms. The third kappa shape index (κ3) is 2.96. The van der Waals surface area contributed by atoms with Gasteiger partial charge in [-0.05, 0) is 19.4 Å². The van der Waals surface area contributed by atoms with Crippen LogP contribution in [0.15, 0.2) is 12.4 Å². The predicted molar refractivity (Wildman–Crippen MR) is 55.1 cm³/mol. The van der Waals surface area contributed by atoms with Crippen LogP contribution in [0, 0.1) is 0 Å². The molecule has 78 valence electrons. The van der Waals surface area contributed by atoms with Gasteiger partial charge in [0.05, 0.1) is 0 Å². The first-order valence-electron chi connectivity index (χ1n) is 4.96. The Balaban J connectivity index is 2.32. The number of aromatic nitrogens is 2. The molecule has 0 fully saturated rings. The highest BCUT2D eigenvalue weighted by atomic mass is 16.1. The van der Waals surface area contributed by atoms with Crippen LogP contribution < -0.4 is 5.73 Å². The number of imidazole rings is 1. The van der Waals surface area contributed by atoms with Crippen molar-refractivity contribution in [3.63, 3.8) is 0 Å². The van der Waals surface area contributed by atoms with E-state index in [0.717, 1.165) is 19.3 Å². The standard InChI is InChI=1S/C10H17N3O/c1-13-8-7-12-10(13)9(14)5-3-2-4-6-11/h7-8H,2-6,11H2,1H3. The maximum atomic E-state index is 11.6. The van der Waals surface area contributed by atoms with Gasteiger partial charge in [-0.15, -0.1) is 0 Å². The third-order valence-corrected chi connectivity index (χ3v) is 2.18. The Morgan fingerprint density at radius 1 is 1.50 bits per heavy atom. The summed E-state index contributed by atoms with van der Waals surface area (Å²) in [5.41, 5.74) is 5.36. The number of rotatable bonds is 6. The van der Waals surface area contributed by atoms with Crippen LogP contribution in [0.25, 0.3) is 0 Å². The van der Waals surface area contributed by atoms with Crippen molar-refractivity contribution >= 4 is 5.78 Å². The van der Waals surface area contributed by atoms with E-state index in [-0.39, 0.29) is 5.78 Å². The number of nitrogens with zero attached hydrogens (tertiary/aromatic N) is 2. The van der Waals surface area contributed by atoms with Crippen molar-refractivity contribution in [1.82, 2.24) is 9.55 Å². The number of hydrogen-bond donors (Lipinski definition) is 1. The van der Waals surface area contributed by atoms with Gasteiger partial charge in [-0.3, -0.25) is 4.79 Å². The minimum Gasteiger partial charge on any atom is -0.332 e. The summed E-state index contributed by atoms with van der Waals surface area (Å²) in [5.74, 6) is 0.673. The highest BCUT2D eigenvalue weighted by molar-refractivity contribution is 5.92. The fourth-order valence-corrected chi connectivity index (χ4v) is 1.35. The number of hydrogen-bond acceptors (Lipinski definition) is 3. The van der Waals surface area contributed by atoms with Gasteiger partial charge in [0, 0.05) is 25.9 Å². The van der Waals surface area contributed by atoms with Crippen LogP contribution in [0.5, 0.6) is 0 Å². The molecule has 0 unspecified atom stereocenters. The van der Waals surface area contributed by atoms with Crippen LogP contribution in [0.4, 0.5) is 0 Å². The molecular weight excluding hydrogens is 178 g/mol. The van der Waals surface area contributed by atoms with E-state index in [1.807, 2.05) is 7.05 Å². The molecule has 0 bridgehead atoms. The Morgan fingerprint density at radius 3 is 2.86 bits per heavy atom. The summed E-state index contributed by atoms with van der Waals surface area (Å²) in [5, 5.41) is 0. The van der Waals surface area contributed by atoms with Crippen molar-refractivity contribution < 1.29 is 4.79 Å². The Bertz CT molecular complexity index is 293. The molecule has 0 aromatic carbocycles. The van der Waals surface area contributed by atoms with Gasteiger partial charge in [-0.1, -0.05) is 6.42 Å². The van der Waals surface area contributed by atoms with Crippen molar-refractivity contribution in [2.75, 3.05) is 6.54 Å². The molecule has 4 heteroatoms. The second-order valence-corrected chi connectivity index (χ2v) is 3.38. The van der Waals surface area contributed by atoms with Gasteiger partial charge >= 0.3 is 0 Å². The van der Waals surface area contributed by atoms with E-state index in [0.29, 0.717) is 18.8 Å². The summed E-state index contributed by atoms with van der Waals surface area (Å²) in [6.07, 6.45) is 6.93. The lowest BCUT2D eigenvalue weighted by Gasteiger charge is -2.00. The highest BCUT2D eigenvalue weighted by Crippen LogP contribution is 2.05. The fraction of sp³-hybridized carbons (Fsp3) is 0.600. The Morgan fingerprint density at radius 2 is 2.29 bits per heavy atom. The van der Waals surface area contributed by atoms with E-state index in [2.05, 4.69) is 4.98 Å². The van der Waals surface area contributed by atoms with Crippen molar-refractivity contribution in [1.29, 1.82) is 0 Å². The molecule has 1 rings (SSSR count). The van der Waals surface area contributed by atoms with E-state index < -0.39 is 0 Å². The van der Waals surface area contributed by atoms with Crippen LogP contribution in [0.1, 0.15) is 36.3 Å². The summed E-state index contributed by atoms with van der Waals surface area (Å²) in [4.78, 5) is 15.6. The summed E-state index contributed by atoms with van der Waals surface area (Å²) in [6.45, 7) is 0.705. The van der Waals surface area contributed by atoms with Crippen molar-refractivity contribution in [3.8, 4) is 0 Å². The van der Waals surface area contributed by atoms with E-state index >= 15 is 0 Å². The number of carbonyl (C=O) groups is 1. The zero-order chi connectivity index (χ0) is 10.4. The Labute approximate surface area is 84.1 Å². The molecule has 0 amide bonds. The molecule has 4 nitrogen and oxygen atoms in total. The van der Waals surface area contributed by atoms with Crippen LogP contribution in [-0.4, -0.2) is 21.9 Å². The minimum absolute atomic E-state index is 0.120. The molecule has 0 atom stereocenters. The molecule has 0 aliphatic rings. The largest absolute Gasteiger partial charge is 0.332 e. The number of carbonyl (C=O) groups excluding carboxylic acids is 1. The molecule has 1 aromatic heterocycles. The monoisotopic (exact) mass is 195 g/mol. The van der Waals surface area contributed by atoms with Crippen LogP contribution in [0.3, 0.4) is 0 Å². The zero-order valence-electron chi connectivity index (χ0n) is 8.57. The molecular formula is C10H17N3O. The van der Waals surface area contributed by atoms with E-state index in [1.54, 1.807) is 17.0 Å². The van der Waals surface area contributed by atoms with Gasteiger partial charge in [0.1, 0.15) is 0 Å². The van der Waals surface area contributed by atoms with Gasteiger partial charge in [-0.25, -0.2) is 4.98 Å². The van der Waals surface area contributed by atoms with Crippen LogP contribution in [0.2, 0.25) is 0 Å². The summed E-state index contributed by atoms with van der Waals surface area (Å²) in [7, 11) is 1.83. The normalized spacial score (nSPS) is 10.4. The first-order valence-corrected chi connectivity index (χ1v) is 4.96. The smallest absolute Gasteiger partial charge is 0.198 e. The SMILES string of the molecule is Cn1ccnc1C(=O)CCCCCN. The maximum absolute atomic E-state index is 11.6. The molecule has 1 aromatic rings. The molecule has 0 saturated carbocycles. The van der Waals surface area contributed by atoms with Crippen LogP contribution in [-0.2, 0) is 7.05 Å². The van der Waals surface area contributed by atoms with E-state index in [9.17, 15) is 4.79 Å². The lowest BCUT2D eigenvalue weighted by Crippen LogP contribution is -2.07. The first kappa shape index (κ1) is 10.9. The lowest BCUT2D eigenvalue weighted by molar-refractivity contribution is 0.0966. The van der Waals surface area contributed by atoms with Gasteiger partial charge in [0.15, 0.2) is 11.6 Å². The molecule has 2 N–H and O–H groups in total. The van der Waals surface area contributed by atoms with Crippen molar-refractivity contribution in [2.24, 2.45) is 12.8 Å². The summed E-state index contributed by atoms with van der Waals surface area (Å²) in [6, 6.07) is 0. The van der Waals surface area contributed by atoms with Gasteiger partial charge in [0.25, 0.3) is 0 Å². The second-order valence-electron chi connectivity index (χ2n) is 3.38. The van der Waals surface area contributed by atoms with Crippen molar-refractivity contribution in [2.45, 2.75) is 25.7 Å². The molecule has 0 aliphatic heterocycles. The number of nitrogens with two attached hydrogens (primary N) is 1. The third-order valence-electron chi connectivity index (χ3n) is 2.18. The van der Waals surface area contributed by atoms with Gasteiger partial charge in [-0.2, -0.15) is 0 Å². The maximum Gasteiger partial charge on any atom is 0.198 e. The van der Waals surface area contributed by atoms with E-state index in [1.165, 1.54) is 0 Å². The average Bonchev–Trinajstić information content (AvgIpc) is 2.59. The van der Waals surface area contributed by atoms with Gasteiger partial charge in [0.2, 0.25) is 0 Å². The molecule has 0 aliphatic carbocycles. The summed E-state index contributed by atoms with van der Waals surface area (Å²) >= 11 is 0. The minimum atomic E-state index is 0.120. The number of Topliss-reactive ketones (excluding diaryl/α,β-unsaturated/α-hetero) is 1. The molecule has 0 radical (unpaired) electrons. The molecule has 1 heterocycles. The number of ketones is 1. The first-order chi connectivity index (χ1) is 6.75. The number of aryl methyl sites for hydroxylation is 1. The van der Waals surface area contributed by atoms with E-state index in [4.69, 9.17) is 5.73 Å². The fourth-order valence-electron chi connectivity index (χ4n) is 1.35. The van der Waals surface area contributed by atoms with Gasteiger partial charge < -0.3 is 10.3 Å². The Hall–Kier alpha value is -1.16. The summed E-state index contributed by atoms with van der Waals surface area (Å²) < 4.78 is 1.76. The quantitative estimate of drug-likeness (QED) is 0.546. The number of unbranched alkanes of at least 4 members (excludes halogenated alkanes) is 2. The predicted octanol–water partition coefficient (Wildman–Crippen LogP) is 1.12. The Kier molecular flexibility index (Phi) is 4.32. The lowest BCUT2D eigenvalue weighted by atomic mass is 10.1.